The summed E-state index contributed by atoms with van der Waals surface area (Å²) in [4.78, 5) is 24.9. The van der Waals surface area contributed by atoms with E-state index in [2.05, 4.69) is 5.32 Å². The second kappa shape index (κ2) is 9.53. The maximum Gasteiger partial charge on any atom is 0.405 e. The number of hydrogen-bond acceptors (Lipinski definition) is 2. The van der Waals surface area contributed by atoms with Gasteiger partial charge in [-0.2, -0.15) is 13.2 Å². The van der Waals surface area contributed by atoms with Crippen LogP contribution in [0.15, 0.2) is 30.3 Å². The Kier molecular flexibility index (Phi) is 7.55. The second-order valence-electron chi connectivity index (χ2n) is 7.86. The first-order valence-electron chi connectivity index (χ1n) is 9.64. The first-order chi connectivity index (χ1) is 15.9. The van der Waals surface area contributed by atoms with Crippen molar-refractivity contribution in [1.29, 1.82) is 0 Å². The Labute approximate surface area is 214 Å². The number of carbonyl (C=O) groups excluding carboxylic acids is 2. The molecule has 190 valence electrons. The Bertz CT molecular complexity index is 1180. The molecule has 1 saturated carbocycles. The molecule has 14 heteroatoms. The molecule has 0 aliphatic heterocycles. The van der Waals surface area contributed by atoms with Crippen LogP contribution in [0, 0.1) is 11.7 Å². The zero-order valence-corrected chi connectivity index (χ0v) is 20.4. The molecule has 2 aromatic rings. The van der Waals surface area contributed by atoms with Crippen LogP contribution >= 0.6 is 46.4 Å². The number of benzene rings is 2. The third-order valence-corrected chi connectivity index (χ3v) is 6.71. The van der Waals surface area contributed by atoms with E-state index in [0.29, 0.717) is 6.92 Å². The SMILES string of the molecule is CC(F)(F)c1cc(Cl)c(F)c(C2C(C(=O)Nc3ccc(Cl)c(C(=O)NCC(F)(F)F)c3)C2(Cl)Cl)c1. The van der Waals surface area contributed by atoms with Gasteiger partial charge in [-0.25, -0.2) is 13.2 Å². The lowest BCUT2D eigenvalue weighted by Gasteiger charge is -2.14. The molecule has 2 N–H and O–H groups in total. The van der Waals surface area contributed by atoms with Crippen molar-refractivity contribution in [3.05, 3.63) is 62.9 Å². The minimum atomic E-state index is -4.66. The highest BCUT2D eigenvalue weighted by molar-refractivity contribution is 6.53. The molecular weight excluding hydrogens is 568 g/mol. The Balaban J connectivity index is 1.83. The van der Waals surface area contributed by atoms with Gasteiger partial charge >= 0.3 is 6.18 Å². The number of halogens is 10. The predicted octanol–water partition coefficient (Wildman–Crippen LogP) is 7.06. The first-order valence-corrected chi connectivity index (χ1v) is 11.1. The van der Waals surface area contributed by atoms with Crippen LogP contribution in [0.1, 0.15) is 34.3 Å². The molecule has 0 radical (unpaired) electrons. The summed E-state index contributed by atoms with van der Waals surface area (Å²) < 4.78 is 77.4. The van der Waals surface area contributed by atoms with Crippen LogP contribution in [0.25, 0.3) is 0 Å². The zero-order chi connectivity index (χ0) is 26.5. The molecule has 1 aliphatic carbocycles. The summed E-state index contributed by atoms with van der Waals surface area (Å²) in [5, 5.41) is 3.21. The van der Waals surface area contributed by atoms with E-state index < -0.39 is 63.0 Å². The summed E-state index contributed by atoms with van der Waals surface area (Å²) in [7, 11) is 0. The number of amides is 2. The average Bonchev–Trinajstić information content (AvgIpc) is 3.29. The van der Waals surface area contributed by atoms with E-state index in [1.54, 1.807) is 5.32 Å². The third kappa shape index (κ3) is 6.10. The van der Waals surface area contributed by atoms with Crippen LogP contribution in [0.4, 0.5) is 32.0 Å². The average molecular weight is 582 g/mol. The van der Waals surface area contributed by atoms with Crippen LogP contribution in [0.2, 0.25) is 10.0 Å². The molecule has 4 nitrogen and oxygen atoms in total. The van der Waals surface area contributed by atoms with Gasteiger partial charge in [0, 0.05) is 24.1 Å². The Hall–Kier alpha value is -1.88. The van der Waals surface area contributed by atoms with E-state index in [4.69, 9.17) is 46.4 Å². The van der Waals surface area contributed by atoms with E-state index in [1.165, 1.54) is 6.07 Å². The fourth-order valence-electron chi connectivity index (χ4n) is 3.40. The number of rotatable bonds is 6. The van der Waals surface area contributed by atoms with E-state index in [0.717, 1.165) is 24.3 Å². The summed E-state index contributed by atoms with van der Waals surface area (Å²) in [5.74, 6) is -9.01. The van der Waals surface area contributed by atoms with E-state index in [9.17, 15) is 35.9 Å². The summed E-state index contributed by atoms with van der Waals surface area (Å²) >= 11 is 24.0. The van der Waals surface area contributed by atoms with Crippen LogP contribution in [-0.4, -0.2) is 28.9 Å². The maximum absolute atomic E-state index is 14.6. The molecule has 35 heavy (non-hydrogen) atoms. The van der Waals surface area contributed by atoms with Gasteiger partial charge in [0.25, 0.3) is 11.8 Å². The standard InChI is InChI=1S/C21H14Cl4F6N2O2/c1-19(27,28)8-4-11(16(26)13(23)5-8)14-15(21(14,24)25)18(35)33-9-2-3-12(22)10(6-9)17(34)32-7-20(29,30)31/h2-6,14-15H,7H2,1H3,(H,32,34)(H,33,35). The molecule has 0 saturated heterocycles. The van der Waals surface area contributed by atoms with E-state index in [1.807, 2.05) is 0 Å². The van der Waals surface area contributed by atoms with Gasteiger partial charge in [0.05, 0.1) is 21.5 Å². The highest BCUT2D eigenvalue weighted by Crippen LogP contribution is 2.66. The highest BCUT2D eigenvalue weighted by Gasteiger charge is 2.68. The van der Waals surface area contributed by atoms with E-state index >= 15 is 0 Å². The number of alkyl halides is 7. The number of nitrogens with one attached hydrogen (secondary N) is 2. The lowest BCUT2D eigenvalue weighted by Crippen LogP contribution is -2.33. The molecule has 2 unspecified atom stereocenters. The second-order valence-corrected chi connectivity index (χ2v) is 10.1. The fraction of sp³-hybridized carbons (Fsp3) is 0.333. The van der Waals surface area contributed by atoms with Crippen molar-refractivity contribution >= 4 is 63.9 Å². The van der Waals surface area contributed by atoms with Gasteiger partial charge in [0.2, 0.25) is 5.91 Å². The number of hydrogen-bond donors (Lipinski definition) is 2. The number of carbonyl (C=O) groups is 2. The molecule has 0 spiro atoms. The molecule has 0 aromatic heterocycles. The smallest absolute Gasteiger partial charge is 0.343 e. The van der Waals surface area contributed by atoms with Crippen LogP contribution < -0.4 is 10.6 Å². The quantitative estimate of drug-likeness (QED) is 0.283. The van der Waals surface area contributed by atoms with Gasteiger partial charge in [-0.3, -0.25) is 9.59 Å². The molecule has 1 aliphatic rings. The van der Waals surface area contributed by atoms with Gasteiger partial charge in [-0.05, 0) is 35.9 Å². The van der Waals surface area contributed by atoms with Gasteiger partial charge in [0.15, 0.2) is 0 Å². The first kappa shape index (κ1) is 27.7. The van der Waals surface area contributed by atoms with Crippen molar-refractivity contribution in [1.82, 2.24) is 5.32 Å². The molecule has 2 aromatic carbocycles. The van der Waals surface area contributed by atoms with Crippen LogP contribution in [0.5, 0.6) is 0 Å². The van der Waals surface area contributed by atoms with Gasteiger partial charge in [0.1, 0.15) is 16.7 Å². The van der Waals surface area contributed by atoms with Gasteiger partial charge in [-0.15, -0.1) is 23.2 Å². The third-order valence-electron chi connectivity index (χ3n) is 5.16. The van der Waals surface area contributed by atoms with Crippen LogP contribution in [-0.2, 0) is 10.7 Å². The van der Waals surface area contributed by atoms with Crippen molar-refractivity contribution in [2.24, 2.45) is 5.92 Å². The number of anilines is 1. The molecule has 1 fully saturated rings. The Morgan fingerprint density at radius 3 is 2.23 bits per heavy atom. The molecular formula is C21H14Cl4F6N2O2. The van der Waals surface area contributed by atoms with E-state index in [-0.39, 0.29) is 21.8 Å². The zero-order valence-electron chi connectivity index (χ0n) is 17.3. The summed E-state index contributed by atoms with van der Waals surface area (Å²) in [5.41, 5.74) is -1.41. The predicted molar refractivity (Wildman–Crippen MR) is 120 cm³/mol. The van der Waals surface area contributed by atoms with Crippen LogP contribution in [0.3, 0.4) is 0 Å². The summed E-state index contributed by atoms with van der Waals surface area (Å²) in [6, 6.07) is 5.00. The Morgan fingerprint density at radius 1 is 1.03 bits per heavy atom. The topological polar surface area (TPSA) is 58.2 Å². The monoisotopic (exact) mass is 580 g/mol. The normalized spacial score (nSPS) is 19.3. The molecule has 2 atom stereocenters. The molecule has 0 bridgehead atoms. The molecule has 0 heterocycles. The molecule has 2 amide bonds. The van der Waals surface area contributed by atoms with Crippen molar-refractivity contribution in [2.45, 2.75) is 29.3 Å². The summed E-state index contributed by atoms with van der Waals surface area (Å²) in [6.07, 6.45) is -4.66. The van der Waals surface area contributed by atoms with Gasteiger partial charge < -0.3 is 10.6 Å². The van der Waals surface area contributed by atoms with Gasteiger partial charge in [-0.1, -0.05) is 23.2 Å². The minimum Gasteiger partial charge on any atom is -0.343 e. The van der Waals surface area contributed by atoms with Crippen molar-refractivity contribution in [2.75, 3.05) is 11.9 Å². The summed E-state index contributed by atoms with van der Waals surface area (Å²) in [6.45, 7) is -1.03. The lowest BCUT2D eigenvalue weighted by molar-refractivity contribution is -0.123. The Morgan fingerprint density at radius 2 is 1.66 bits per heavy atom. The van der Waals surface area contributed by atoms with Crippen molar-refractivity contribution in [3.63, 3.8) is 0 Å². The van der Waals surface area contributed by atoms with Crippen molar-refractivity contribution < 1.29 is 35.9 Å². The lowest BCUT2D eigenvalue weighted by atomic mass is 10.0. The highest BCUT2D eigenvalue weighted by atomic mass is 35.5. The molecule has 3 rings (SSSR count). The minimum absolute atomic E-state index is 0.0568. The largest absolute Gasteiger partial charge is 0.405 e. The van der Waals surface area contributed by atoms with Crippen molar-refractivity contribution in [3.8, 4) is 0 Å². The maximum atomic E-state index is 14.6. The fourth-order valence-corrected chi connectivity index (χ4v) is 4.64.